The minimum absolute atomic E-state index is 0.0675. The quantitative estimate of drug-likeness (QED) is 0.634. The molecule has 156 valence electrons. The summed E-state index contributed by atoms with van der Waals surface area (Å²) >= 11 is 5.86. The predicted octanol–water partition coefficient (Wildman–Crippen LogP) is 1.16. The lowest BCUT2D eigenvalue weighted by atomic mass is 10.3. The van der Waals surface area contributed by atoms with Gasteiger partial charge in [-0.1, -0.05) is 16.8 Å². The number of likely N-dealkylation sites (tertiary alicyclic amines) is 1. The molecule has 1 aromatic carbocycles. The van der Waals surface area contributed by atoms with Gasteiger partial charge in [0.1, 0.15) is 18.1 Å². The van der Waals surface area contributed by atoms with Crippen molar-refractivity contribution in [3.63, 3.8) is 0 Å². The summed E-state index contributed by atoms with van der Waals surface area (Å²) < 4.78 is 10.5. The number of aryl methyl sites for hydroxylation is 1. The van der Waals surface area contributed by atoms with Gasteiger partial charge >= 0.3 is 0 Å². The molecule has 29 heavy (non-hydrogen) atoms. The number of amides is 2. The summed E-state index contributed by atoms with van der Waals surface area (Å²) in [5.41, 5.74) is 0. The Balaban J connectivity index is 1.56. The monoisotopic (exact) mass is 421 g/mol. The molecule has 2 amide bonds. The van der Waals surface area contributed by atoms with Crippen molar-refractivity contribution in [3.8, 4) is 5.75 Å². The molecule has 9 heteroatoms. The lowest BCUT2D eigenvalue weighted by molar-refractivity contribution is -0.886. The first-order chi connectivity index (χ1) is 14.0. The number of hydrogen-bond donors (Lipinski definition) is 2. The van der Waals surface area contributed by atoms with Gasteiger partial charge in [0.15, 0.2) is 12.4 Å². The van der Waals surface area contributed by atoms with Crippen LogP contribution in [-0.4, -0.2) is 61.2 Å². The number of benzene rings is 1. The largest absolute Gasteiger partial charge is 0.484 e. The predicted molar refractivity (Wildman–Crippen MR) is 108 cm³/mol. The van der Waals surface area contributed by atoms with Crippen molar-refractivity contribution in [2.24, 2.45) is 0 Å². The number of nitrogens with zero attached hydrogens (tertiary/aromatic N) is 2. The van der Waals surface area contributed by atoms with Crippen molar-refractivity contribution >= 4 is 29.2 Å². The summed E-state index contributed by atoms with van der Waals surface area (Å²) in [6, 6.07) is 8.43. The van der Waals surface area contributed by atoms with Crippen molar-refractivity contribution in [1.29, 1.82) is 0 Å². The topological polar surface area (TPSA) is 89.1 Å². The first kappa shape index (κ1) is 21.1. The molecule has 2 N–H and O–H groups in total. The van der Waals surface area contributed by atoms with Crippen molar-refractivity contribution in [1.82, 2.24) is 10.1 Å². The standard InChI is InChI=1S/C20H25ClN4O4/c1-15-12-18(23-29-15)22-19(26)13-25(11-10-24-8-2-3-9-24)20(27)14-28-17-6-4-16(21)5-7-17/h4-7,12H,2-3,8-11,13-14H2,1H3,(H,22,23,26)/p+1. The van der Waals surface area contributed by atoms with Crippen molar-refractivity contribution in [2.75, 3.05) is 44.6 Å². The zero-order valence-electron chi connectivity index (χ0n) is 16.4. The molecule has 0 spiro atoms. The van der Waals surface area contributed by atoms with Gasteiger partial charge in [-0.25, -0.2) is 0 Å². The third-order valence-electron chi connectivity index (χ3n) is 4.80. The van der Waals surface area contributed by atoms with Gasteiger partial charge in [0.05, 0.1) is 26.2 Å². The molecule has 1 saturated heterocycles. The van der Waals surface area contributed by atoms with Gasteiger partial charge in [0, 0.05) is 23.9 Å². The van der Waals surface area contributed by atoms with E-state index in [4.69, 9.17) is 20.9 Å². The van der Waals surface area contributed by atoms with E-state index in [-0.39, 0.29) is 25.0 Å². The van der Waals surface area contributed by atoms with Gasteiger partial charge in [0.2, 0.25) is 5.91 Å². The third-order valence-corrected chi connectivity index (χ3v) is 5.06. The molecule has 1 aromatic heterocycles. The van der Waals surface area contributed by atoms with Crippen LogP contribution < -0.4 is 15.0 Å². The van der Waals surface area contributed by atoms with Crippen LogP contribution in [0.1, 0.15) is 18.6 Å². The SMILES string of the molecule is Cc1cc(NC(=O)CN(CC[NH+]2CCCC2)C(=O)COc2ccc(Cl)cc2)no1. The van der Waals surface area contributed by atoms with E-state index in [1.165, 1.54) is 22.6 Å². The molecule has 0 atom stereocenters. The first-order valence-electron chi connectivity index (χ1n) is 9.72. The van der Waals surface area contributed by atoms with E-state index in [0.29, 0.717) is 28.9 Å². The highest BCUT2D eigenvalue weighted by atomic mass is 35.5. The maximum Gasteiger partial charge on any atom is 0.261 e. The van der Waals surface area contributed by atoms with Crippen molar-refractivity contribution < 1.29 is 23.7 Å². The number of carbonyl (C=O) groups is 2. The van der Waals surface area contributed by atoms with E-state index >= 15 is 0 Å². The van der Waals surface area contributed by atoms with E-state index in [0.717, 1.165) is 19.6 Å². The summed E-state index contributed by atoms with van der Waals surface area (Å²) in [6.07, 6.45) is 2.41. The molecular weight excluding hydrogens is 396 g/mol. The number of halogens is 1. The van der Waals surface area contributed by atoms with Gasteiger partial charge in [0.25, 0.3) is 5.91 Å². The van der Waals surface area contributed by atoms with Gasteiger partial charge in [-0.15, -0.1) is 0 Å². The second-order valence-electron chi connectivity index (χ2n) is 7.14. The second-order valence-corrected chi connectivity index (χ2v) is 7.57. The molecule has 1 fully saturated rings. The molecule has 0 unspecified atom stereocenters. The Morgan fingerprint density at radius 2 is 2.00 bits per heavy atom. The normalized spacial score (nSPS) is 14.0. The molecule has 2 heterocycles. The number of anilines is 1. The molecule has 0 bridgehead atoms. The Kier molecular flexibility index (Phi) is 7.48. The van der Waals surface area contributed by atoms with Crippen LogP contribution in [0.3, 0.4) is 0 Å². The highest BCUT2D eigenvalue weighted by molar-refractivity contribution is 6.30. The van der Waals surface area contributed by atoms with E-state index in [1.54, 1.807) is 37.3 Å². The summed E-state index contributed by atoms with van der Waals surface area (Å²) in [7, 11) is 0. The minimum Gasteiger partial charge on any atom is -0.484 e. The Bertz CT molecular complexity index is 818. The third kappa shape index (κ3) is 6.76. The molecule has 1 aliphatic rings. The summed E-state index contributed by atoms with van der Waals surface area (Å²) in [5.74, 6) is 0.916. The Hall–Kier alpha value is -2.58. The number of hydrogen-bond acceptors (Lipinski definition) is 5. The smallest absolute Gasteiger partial charge is 0.261 e. The molecule has 3 rings (SSSR count). The van der Waals surface area contributed by atoms with Gasteiger partial charge in [-0.2, -0.15) is 0 Å². The van der Waals surface area contributed by atoms with Crippen LogP contribution in [0.15, 0.2) is 34.9 Å². The lowest BCUT2D eigenvalue weighted by Crippen LogP contribution is -3.10. The number of quaternary nitrogens is 1. The van der Waals surface area contributed by atoms with Crippen LogP contribution >= 0.6 is 11.6 Å². The van der Waals surface area contributed by atoms with Gasteiger partial charge in [-0.3, -0.25) is 9.59 Å². The molecule has 0 aliphatic carbocycles. The van der Waals surface area contributed by atoms with Crippen LogP contribution in [0, 0.1) is 6.92 Å². The molecule has 2 aromatic rings. The Morgan fingerprint density at radius 3 is 2.66 bits per heavy atom. The highest BCUT2D eigenvalue weighted by Gasteiger charge is 2.22. The Labute approximate surface area is 174 Å². The molecular formula is C20H26ClN4O4+. The number of nitrogens with one attached hydrogen (secondary N) is 2. The van der Waals surface area contributed by atoms with Crippen molar-refractivity contribution in [2.45, 2.75) is 19.8 Å². The lowest BCUT2D eigenvalue weighted by Gasteiger charge is -2.23. The molecule has 0 saturated carbocycles. The molecule has 1 aliphatic heterocycles. The summed E-state index contributed by atoms with van der Waals surface area (Å²) in [6.45, 7) is 5.04. The van der Waals surface area contributed by atoms with E-state index < -0.39 is 0 Å². The zero-order chi connectivity index (χ0) is 20.6. The fourth-order valence-electron chi connectivity index (χ4n) is 3.26. The van der Waals surface area contributed by atoms with Gasteiger partial charge < -0.3 is 24.4 Å². The van der Waals surface area contributed by atoms with Crippen LogP contribution in [0.4, 0.5) is 5.82 Å². The number of carbonyl (C=O) groups excluding carboxylic acids is 2. The van der Waals surface area contributed by atoms with E-state index in [9.17, 15) is 9.59 Å². The zero-order valence-corrected chi connectivity index (χ0v) is 17.2. The maximum atomic E-state index is 12.7. The first-order valence-corrected chi connectivity index (χ1v) is 10.1. The number of ether oxygens (including phenoxy) is 1. The average molecular weight is 422 g/mol. The maximum absolute atomic E-state index is 12.7. The van der Waals surface area contributed by atoms with Crippen LogP contribution in [-0.2, 0) is 9.59 Å². The summed E-state index contributed by atoms with van der Waals surface area (Å²) in [5, 5.41) is 7.00. The number of aromatic nitrogens is 1. The van der Waals surface area contributed by atoms with Crippen LogP contribution in [0.5, 0.6) is 5.75 Å². The highest BCUT2D eigenvalue weighted by Crippen LogP contribution is 2.15. The van der Waals surface area contributed by atoms with Gasteiger partial charge in [-0.05, 0) is 31.2 Å². The Morgan fingerprint density at radius 1 is 1.28 bits per heavy atom. The minimum atomic E-state index is -0.324. The summed E-state index contributed by atoms with van der Waals surface area (Å²) in [4.78, 5) is 28.1. The number of rotatable bonds is 9. The van der Waals surface area contributed by atoms with Crippen LogP contribution in [0.25, 0.3) is 0 Å². The van der Waals surface area contributed by atoms with E-state index in [1.807, 2.05) is 0 Å². The van der Waals surface area contributed by atoms with Crippen molar-refractivity contribution in [3.05, 3.63) is 41.1 Å². The van der Waals surface area contributed by atoms with E-state index in [2.05, 4.69) is 10.5 Å². The second kappa shape index (κ2) is 10.3. The average Bonchev–Trinajstić information content (AvgIpc) is 3.36. The molecule has 8 nitrogen and oxygen atoms in total. The fourth-order valence-corrected chi connectivity index (χ4v) is 3.38. The fraction of sp³-hybridized carbons (Fsp3) is 0.450. The molecule has 0 radical (unpaired) electrons. The van der Waals surface area contributed by atoms with Crippen LogP contribution in [0.2, 0.25) is 5.02 Å².